The maximum absolute atomic E-state index is 14.1. The van der Waals surface area contributed by atoms with Crippen LogP contribution >= 0.6 is 0 Å². The zero-order valence-corrected chi connectivity index (χ0v) is 22.6. The van der Waals surface area contributed by atoms with Crippen LogP contribution in [-0.2, 0) is 11.3 Å². The molecule has 3 N–H and O–H groups in total. The van der Waals surface area contributed by atoms with Crippen LogP contribution in [0.4, 0.5) is 9.18 Å². The normalized spacial score (nSPS) is 15.3. The highest BCUT2D eigenvalue weighted by Gasteiger charge is 2.27. The van der Waals surface area contributed by atoms with E-state index in [-0.39, 0.29) is 24.4 Å². The molecular formula is C28H33FN7O3+. The lowest BCUT2D eigenvalue weighted by Crippen LogP contribution is -2.42. The Morgan fingerprint density at radius 1 is 1.41 bits per heavy atom. The summed E-state index contributed by atoms with van der Waals surface area (Å²) >= 11 is 0. The molecule has 3 aromatic rings. The molecule has 0 radical (unpaired) electrons. The van der Waals surface area contributed by atoms with Crippen LogP contribution in [0.5, 0.6) is 5.75 Å². The fraction of sp³-hybridized carbons (Fsp3) is 0.393. The summed E-state index contributed by atoms with van der Waals surface area (Å²) in [4.78, 5) is 23.0. The van der Waals surface area contributed by atoms with Gasteiger partial charge in [-0.25, -0.2) is 9.18 Å². The second kappa shape index (κ2) is 11.5. The van der Waals surface area contributed by atoms with Gasteiger partial charge in [-0.1, -0.05) is 4.52 Å². The molecule has 4 rings (SSSR count). The number of aromatic amines is 1. The minimum absolute atomic E-state index is 0.0218. The van der Waals surface area contributed by atoms with Gasteiger partial charge in [0.15, 0.2) is 11.3 Å². The van der Waals surface area contributed by atoms with Gasteiger partial charge in [-0.05, 0) is 52.7 Å². The maximum Gasteiger partial charge on any atom is 0.410 e. The van der Waals surface area contributed by atoms with Crippen LogP contribution in [0.25, 0.3) is 11.1 Å². The molecule has 11 heteroatoms. The number of aliphatic imine (C=N–C) groups is 1. The number of halogens is 1. The number of aromatic nitrogens is 3. The van der Waals surface area contributed by atoms with Gasteiger partial charge in [0, 0.05) is 42.8 Å². The summed E-state index contributed by atoms with van der Waals surface area (Å²) < 4.78 is 27.3. The monoisotopic (exact) mass is 534 g/mol. The number of fused-ring (bicyclic) bond motifs is 1. The van der Waals surface area contributed by atoms with Gasteiger partial charge >= 0.3 is 6.09 Å². The van der Waals surface area contributed by atoms with E-state index in [2.05, 4.69) is 16.2 Å². The highest BCUT2D eigenvalue weighted by atomic mass is 19.1. The third-order valence-corrected chi connectivity index (χ3v) is 6.31. The summed E-state index contributed by atoms with van der Waals surface area (Å²) in [5.41, 5.74) is 8.66. The third kappa shape index (κ3) is 6.52. The van der Waals surface area contributed by atoms with Gasteiger partial charge in [-0.2, -0.15) is 10.4 Å². The molecule has 0 atom stereocenters. The molecule has 4 heterocycles. The Hall–Kier alpha value is -4.46. The number of pyridine rings is 2. The maximum atomic E-state index is 14.1. The average molecular weight is 535 g/mol. The van der Waals surface area contributed by atoms with Gasteiger partial charge in [-0.3, -0.25) is 9.98 Å². The number of amides is 1. The molecule has 10 nitrogen and oxygen atoms in total. The largest absolute Gasteiger partial charge is 0.480 e. The number of H-pyrrole nitrogens is 1. The topological polar surface area (TPSA) is 134 Å². The number of carbonyl (C=O) groups excluding carboxylic acids is 1. The molecular weight excluding hydrogens is 501 g/mol. The van der Waals surface area contributed by atoms with Crippen molar-refractivity contribution in [3.05, 3.63) is 65.6 Å². The van der Waals surface area contributed by atoms with Crippen LogP contribution in [-0.4, -0.2) is 51.5 Å². The number of nitrogens with zero attached hydrogens (tertiary/aromatic N) is 5. The van der Waals surface area contributed by atoms with Crippen LogP contribution in [0.15, 0.2) is 48.0 Å². The number of nitriles is 1. The first-order chi connectivity index (χ1) is 18.6. The molecule has 0 bridgehead atoms. The van der Waals surface area contributed by atoms with Gasteiger partial charge in [0.25, 0.3) is 5.52 Å². The zero-order valence-electron chi connectivity index (χ0n) is 22.6. The first-order valence-electron chi connectivity index (χ1n) is 12.7. The third-order valence-electron chi connectivity index (χ3n) is 6.31. The number of nitrogens with two attached hydrogens (primary N) is 1. The minimum atomic E-state index is -0.538. The minimum Gasteiger partial charge on any atom is -0.480 e. The van der Waals surface area contributed by atoms with Crippen molar-refractivity contribution in [1.29, 1.82) is 5.26 Å². The van der Waals surface area contributed by atoms with Gasteiger partial charge in [-0.15, -0.1) is 0 Å². The van der Waals surface area contributed by atoms with Gasteiger partial charge < -0.3 is 20.1 Å². The number of likely N-dealkylation sites (tertiary alicyclic amines) is 1. The molecule has 0 unspecified atom stereocenters. The van der Waals surface area contributed by atoms with E-state index < -0.39 is 11.4 Å². The molecule has 0 aliphatic carbocycles. The Balaban J connectivity index is 1.55. The molecule has 0 spiro atoms. The number of piperidine rings is 1. The molecule has 204 valence electrons. The van der Waals surface area contributed by atoms with Crippen molar-refractivity contribution in [2.45, 2.75) is 58.8 Å². The van der Waals surface area contributed by atoms with Crippen molar-refractivity contribution in [3.63, 3.8) is 0 Å². The summed E-state index contributed by atoms with van der Waals surface area (Å²) in [6.45, 7) is 8.43. The highest BCUT2D eigenvalue weighted by Crippen LogP contribution is 2.27. The number of hydrogen-bond acceptors (Lipinski definition) is 7. The molecule has 0 saturated carbocycles. The van der Waals surface area contributed by atoms with E-state index in [1.54, 1.807) is 27.9 Å². The standard InChI is InChI=1S/C28H32FN7O3/c1-18(34-21-7-10-35(11-8-21)27(37)39-28(2,3)4)22(14-31)19-12-25(26-20(13-30)15-33-36(26)16-19)38-17-24-23(29)6-5-9-32-24/h5-6,9,12,14-16,21H,7-8,10-11,17H2,1-4H3,(H2,31,34)/p+1. The predicted octanol–water partition coefficient (Wildman–Crippen LogP) is 3.90. The van der Waals surface area contributed by atoms with Crippen molar-refractivity contribution in [3.8, 4) is 11.8 Å². The number of carbonyl (C=O) groups is 1. The first kappa shape index (κ1) is 27.6. The fourth-order valence-corrected chi connectivity index (χ4v) is 4.42. The lowest BCUT2D eigenvalue weighted by atomic mass is 10.0. The number of ether oxygens (including phenoxy) is 2. The smallest absolute Gasteiger partial charge is 0.410 e. The summed E-state index contributed by atoms with van der Waals surface area (Å²) in [7, 11) is 0. The number of nitrogens with one attached hydrogen (secondary N) is 1. The second-order valence-corrected chi connectivity index (χ2v) is 10.3. The van der Waals surface area contributed by atoms with E-state index >= 15 is 0 Å². The zero-order chi connectivity index (χ0) is 28.2. The molecule has 1 fully saturated rings. The van der Waals surface area contributed by atoms with Crippen molar-refractivity contribution in [2.75, 3.05) is 13.1 Å². The quantitative estimate of drug-likeness (QED) is 0.364. The van der Waals surface area contributed by atoms with Crippen LogP contribution in [0.3, 0.4) is 0 Å². The summed E-state index contributed by atoms with van der Waals surface area (Å²) in [6.07, 6.45) is 7.43. The van der Waals surface area contributed by atoms with Crippen molar-refractivity contribution in [2.24, 2.45) is 10.7 Å². The van der Waals surface area contributed by atoms with Crippen LogP contribution in [0.2, 0.25) is 0 Å². The van der Waals surface area contributed by atoms with E-state index in [4.69, 9.17) is 20.2 Å². The lowest BCUT2D eigenvalue weighted by Gasteiger charge is -2.32. The van der Waals surface area contributed by atoms with Crippen molar-refractivity contribution in [1.82, 2.24) is 15.0 Å². The Bertz CT molecular complexity index is 1460. The summed E-state index contributed by atoms with van der Waals surface area (Å²) in [5, 5.41) is 12.6. The van der Waals surface area contributed by atoms with E-state index in [9.17, 15) is 14.4 Å². The van der Waals surface area contributed by atoms with Gasteiger partial charge in [0.2, 0.25) is 6.20 Å². The molecule has 1 amide bonds. The lowest BCUT2D eigenvalue weighted by molar-refractivity contribution is -0.577. The highest BCUT2D eigenvalue weighted by molar-refractivity contribution is 6.22. The second-order valence-electron chi connectivity index (χ2n) is 10.3. The Morgan fingerprint density at radius 3 is 2.79 bits per heavy atom. The average Bonchev–Trinajstić information content (AvgIpc) is 3.31. The van der Waals surface area contributed by atoms with E-state index in [1.165, 1.54) is 24.5 Å². The molecule has 1 saturated heterocycles. The number of allylic oxidation sites excluding steroid dienone is 1. The molecule has 3 aromatic heterocycles. The van der Waals surface area contributed by atoms with Crippen LogP contribution < -0.4 is 15.0 Å². The number of hydrogen-bond donors (Lipinski definition) is 2. The predicted molar refractivity (Wildman–Crippen MR) is 143 cm³/mol. The van der Waals surface area contributed by atoms with E-state index in [1.807, 2.05) is 27.7 Å². The first-order valence-corrected chi connectivity index (χ1v) is 12.7. The van der Waals surface area contributed by atoms with Crippen molar-refractivity contribution < 1.29 is 23.2 Å². The van der Waals surface area contributed by atoms with Gasteiger partial charge in [0.05, 0.1) is 17.8 Å². The fourth-order valence-electron chi connectivity index (χ4n) is 4.42. The molecule has 1 aliphatic heterocycles. The summed E-state index contributed by atoms with van der Waals surface area (Å²) in [6, 6.07) is 6.75. The Morgan fingerprint density at radius 2 is 2.15 bits per heavy atom. The summed E-state index contributed by atoms with van der Waals surface area (Å²) in [5.74, 6) is -0.108. The Kier molecular flexibility index (Phi) is 8.14. The molecule has 0 aromatic carbocycles. The molecule has 39 heavy (non-hydrogen) atoms. The SMILES string of the molecule is CC(=NC1CCN(C(=O)OC(C)(C)C)CC1)/C(=C\N)c1cc(OCc2ncccc2F)c2c(C#N)c[nH][n+]2c1. The van der Waals surface area contributed by atoms with E-state index in [0.717, 1.165) is 5.71 Å². The van der Waals surface area contributed by atoms with E-state index in [0.29, 0.717) is 53.9 Å². The van der Waals surface area contributed by atoms with Crippen molar-refractivity contribution >= 4 is 22.9 Å². The van der Waals surface area contributed by atoms with Crippen LogP contribution in [0.1, 0.15) is 57.4 Å². The molecule has 1 aliphatic rings. The van der Waals surface area contributed by atoms with Crippen LogP contribution in [0, 0.1) is 17.1 Å². The van der Waals surface area contributed by atoms with Gasteiger partial charge in [0.1, 0.15) is 29.8 Å². The number of rotatable bonds is 6. The Labute approximate surface area is 226 Å².